The summed E-state index contributed by atoms with van der Waals surface area (Å²) in [6.45, 7) is 2.38. The molecule has 5 aromatic carbocycles. The van der Waals surface area contributed by atoms with Crippen LogP contribution >= 0.6 is 0 Å². The fourth-order valence-corrected chi connectivity index (χ4v) is 8.04. The van der Waals surface area contributed by atoms with Gasteiger partial charge in [0.05, 0.1) is 13.7 Å². The third-order valence-corrected chi connectivity index (χ3v) is 10.4. The van der Waals surface area contributed by atoms with E-state index in [0.717, 1.165) is 45.4 Å². The molecule has 0 radical (unpaired) electrons. The van der Waals surface area contributed by atoms with Crippen molar-refractivity contribution in [2.24, 2.45) is 0 Å². The molecule has 0 amide bonds. The third-order valence-electron chi connectivity index (χ3n) is 8.04. The van der Waals surface area contributed by atoms with Gasteiger partial charge in [0.25, 0.3) is 0 Å². The van der Waals surface area contributed by atoms with E-state index in [4.69, 9.17) is 19.2 Å². The number of rotatable bonds is 8. The molecule has 228 valence electrons. The quantitative estimate of drug-likeness (QED) is 0.123. The molecule has 7 rings (SSSR count). The average Bonchev–Trinajstić information content (AvgIpc) is 3.12. The second kappa shape index (κ2) is 12.7. The van der Waals surface area contributed by atoms with Crippen molar-refractivity contribution in [1.29, 1.82) is 0 Å². The van der Waals surface area contributed by atoms with Gasteiger partial charge < -0.3 is 4.74 Å². The molecule has 6 nitrogen and oxygen atoms in total. The normalized spacial score (nSPS) is 11.9. The molecule has 0 unspecified atom stereocenters. The molecular weight excluding hydrogens is 639 g/mol. The predicted molar refractivity (Wildman–Crippen MR) is 186 cm³/mol. The Morgan fingerprint density at radius 3 is 2.04 bits per heavy atom. The Labute approximate surface area is 274 Å². The van der Waals surface area contributed by atoms with Gasteiger partial charge in [-0.1, -0.05) is 6.92 Å². The van der Waals surface area contributed by atoms with Gasteiger partial charge in [0.2, 0.25) is 0 Å². The fraction of sp³-hybridized carbons (Fsp3) is 0.128. The molecule has 7 heteroatoms. The standard InChI is InChI=1S/C39H32N2O4Se/c1-4-22-45-39(42)26-18-16-25(17-19-26)30-24-29(27-20-21-34(43-2)35(23-27)44-3)28-10-9-13-33(38(28)40-30)41-31-11-5-7-14-36(31)46-37-15-8-6-12-32(37)41/h5-21,23-24H,4,22H2,1-3H3. The summed E-state index contributed by atoms with van der Waals surface area (Å²) in [4.78, 5) is 20.2. The number of fused-ring (bicyclic) bond motifs is 3. The zero-order valence-electron chi connectivity index (χ0n) is 25.8. The van der Waals surface area contributed by atoms with Gasteiger partial charge in [0, 0.05) is 0 Å². The maximum atomic E-state index is 12.5. The molecule has 0 spiro atoms. The molecule has 0 saturated carbocycles. The second-order valence-electron chi connectivity index (χ2n) is 10.9. The summed E-state index contributed by atoms with van der Waals surface area (Å²) < 4.78 is 19.3. The van der Waals surface area contributed by atoms with E-state index in [9.17, 15) is 4.79 Å². The van der Waals surface area contributed by atoms with Crippen LogP contribution in [-0.4, -0.2) is 46.7 Å². The Balaban J connectivity index is 1.46. The molecule has 2 heterocycles. The molecule has 0 N–H and O–H groups in total. The molecule has 1 aliphatic heterocycles. The predicted octanol–water partition coefficient (Wildman–Crippen LogP) is 7.59. The van der Waals surface area contributed by atoms with Crippen molar-refractivity contribution in [3.05, 3.63) is 121 Å². The van der Waals surface area contributed by atoms with Crippen molar-refractivity contribution >= 4 is 57.8 Å². The van der Waals surface area contributed by atoms with E-state index in [1.807, 2.05) is 37.3 Å². The van der Waals surface area contributed by atoms with Gasteiger partial charge in [-0.05, 0) is 6.42 Å². The summed E-state index contributed by atoms with van der Waals surface area (Å²) in [6, 6.07) is 39.2. The van der Waals surface area contributed by atoms with E-state index in [1.54, 1.807) is 26.4 Å². The summed E-state index contributed by atoms with van der Waals surface area (Å²) in [7, 11) is 3.29. The molecule has 0 saturated heterocycles. The van der Waals surface area contributed by atoms with E-state index < -0.39 is 0 Å². The number of hydrogen-bond acceptors (Lipinski definition) is 6. The van der Waals surface area contributed by atoms with Crippen molar-refractivity contribution in [3.8, 4) is 33.9 Å². The summed E-state index contributed by atoms with van der Waals surface area (Å²) in [6.07, 6.45) is 0.777. The van der Waals surface area contributed by atoms with Crippen LogP contribution in [0.4, 0.5) is 17.1 Å². The van der Waals surface area contributed by atoms with Crippen LogP contribution in [-0.2, 0) is 4.74 Å². The minimum atomic E-state index is -0.322. The van der Waals surface area contributed by atoms with E-state index in [0.29, 0.717) is 23.7 Å². The number of pyridine rings is 1. The van der Waals surface area contributed by atoms with Gasteiger partial charge in [-0.3, -0.25) is 0 Å². The second-order valence-corrected chi connectivity index (χ2v) is 13.2. The van der Waals surface area contributed by atoms with Gasteiger partial charge in [-0.25, -0.2) is 4.79 Å². The number of para-hydroxylation sites is 3. The molecule has 46 heavy (non-hydrogen) atoms. The third kappa shape index (κ3) is 5.38. The zero-order valence-corrected chi connectivity index (χ0v) is 27.5. The first kappa shape index (κ1) is 29.6. The van der Waals surface area contributed by atoms with E-state index >= 15 is 0 Å². The van der Waals surface area contributed by atoms with Crippen LogP contribution in [0.15, 0.2) is 115 Å². The Bertz CT molecular complexity index is 2030. The molecule has 1 aliphatic rings. The number of benzene rings is 5. The van der Waals surface area contributed by atoms with E-state index in [-0.39, 0.29) is 20.9 Å². The molecule has 0 aliphatic carbocycles. The van der Waals surface area contributed by atoms with Crippen molar-refractivity contribution in [3.63, 3.8) is 0 Å². The van der Waals surface area contributed by atoms with Crippen LogP contribution in [0.3, 0.4) is 0 Å². The van der Waals surface area contributed by atoms with Crippen molar-refractivity contribution in [2.75, 3.05) is 25.7 Å². The maximum absolute atomic E-state index is 12.5. The van der Waals surface area contributed by atoms with Crippen LogP contribution in [0.5, 0.6) is 11.5 Å². The summed E-state index contributed by atoms with van der Waals surface area (Å²) in [5.41, 5.74) is 8.40. The van der Waals surface area contributed by atoms with Crippen LogP contribution in [0, 0.1) is 0 Å². The van der Waals surface area contributed by atoms with Crippen LogP contribution < -0.4 is 23.3 Å². The number of methoxy groups -OCH3 is 2. The number of hydrogen-bond donors (Lipinski definition) is 0. The monoisotopic (exact) mass is 672 g/mol. The first-order valence-electron chi connectivity index (χ1n) is 15.2. The molecule has 6 aromatic rings. The van der Waals surface area contributed by atoms with Gasteiger partial charge in [0.1, 0.15) is 0 Å². The summed E-state index contributed by atoms with van der Waals surface area (Å²) in [5.74, 6) is 0.996. The van der Waals surface area contributed by atoms with Gasteiger partial charge >= 0.3 is 239 Å². The topological polar surface area (TPSA) is 60.9 Å². The Hall–Kier alpha value is -5.10. The Morgan fingerprint density at radius 1 is 0.717 bits per heavy atom. The molecule has 0 atom stereocenters. The number of carbonyl (C=O) groups is 1. The van der Waals surface area contributed by atoms with Gasteiger partial charge in [-0.15, -0.1) is 0 Å². The summed E-state index contributed by atoms with van der Waals surface area (Å²) >= 11 is 0.192. The van der Waals surface area contributed by atoms with Gasteiger partial charge in [0.15, 0.2) is 0 Å². The molecule has 0 fully saturated rings. The molecular formula is C39H32N2O4Se. The zero-order chi connectivity index (χ0) is 31.6. The molecule has 0 bridgehead atoms. The number of anilines is 3. The van der Waals surface area contributed by atoms with Crippen LogP contribution in [0.25, 0.3) is 33.3 Å². The number of ether oxygens (including phenoxy) is 3. The Kier molecular flexibility index (Phi) is 8.18. The number of esters is 1. The van der Waals surface area contributed by atoms with E-state index in [1.165, 1.54) is 20.3 Å². The Morgan fingerprint density at radius 2 is 1.37 bits per heavy atom. The summed E-state index contributed by atoms with van der Waals surface area (Å²) in [5, 5.41) is 1.01. The van der Waals surface area contributed by atoms with Crippen molar-refractivity contribution in [2.45, 2.75) is 13.3 Å². The number of aromatic nitrogens is 1. The van der Waals surface area contributed by atoms with Gasteiger partial charge in [-0.2, -0.15) is 0 Å². The minimum absolute atomic E-state index is 0.192. The van der Waals surface area contributed by atoms with E-state index in [2.05, 4.69) is 77.7 Å². The first-order valence-corrected chi connectivity index (χ1v) is 16.9. The number of carbonyl (C=O) groups excluding carboxylic acids is 1. The average molecular weight is 672 g/mol. The SMILES string of the molecule is CCCOC(=O)c1ccc(-c2cc(-c3ccc(OC)c(OC)c3)c3cccc(N4c5ccccc5[Se]c5ccccc54)c3n2)cc1. The van der Waals surface area contributed by atoms with Crippen molar-refractivity contribution < 1.29 is 19.0 Å². The molecule has 1 aromatic heterocycles. The van der Waals surface area contributed by atoms with Crippen molar-refractivity contribution in [1.82, 2.24) is 4.98 Å². The van der Waals surface area contributed by atoms with Crippen LogP contribution in [0.1, 0.15) is 23.7 Å². The number of nitrogens with zero attached hydrogens (tertiary/aromatic N) is 2. The fourth-order valence-electron chi connectivity index (χ4n) is 5.82. The first-order chi connectivity index (χ1) is 22.6. The van der Waals surface area contributed by atoms with Crippen LogP contribution in [0.2, 0.25) is 0 Å².